The van der Waals surface area contributed by atoms with Gasteiger partial charge in [0.25, 0.3) is 5.91 Å². The Morgan fingerprint density at radius 2 is 2.04 bits per heavy atom. The van der Waals surface area contributed by atoms with E-state index < -0.39 is 0 Å². The third kappa shape index (κ3) is 3.45. The first kappa shape index (κ1) is 17.3. The van der Waals surface area contributed by atoms with Gasteiger partial charge in [-0.25, -0.2) is 0 Å². The molecule has 0 spiro atoms. The first-order valence-corrected chi connectivity index (χ1v) is 8.56. The normalized spacial score (nSPS) is 17.6. The lowest BCUT2D eigenvalue weighted by molar-refractivity contribution is -0.120. The van der Waals surface area contributed by atoms with E-state index in [4.69, 9.17) is 4.52 Å². The molecule has 0 radical (unpaired) electrons. The molecule has 25 heavy (non-hydrogen) atoms. The largest absolute Gasteiger partial charge is 0.360 e. The maximum Gasteiger partial charge on any atom is 0.255 e. The summed E-state index contributed by atoms with van der Waals surface area (Å²) in [6, 6.07) is 3.77. The Labute approximate surface area is 147 Å². The molecule has 1 fully saturated rings. The van der Waals surface area contributed by atoms with Crippen LogP contribution in [0, 0.1) is 20.8 Å². The summed E-state index contributed by atoms with van der Waals surface area (Å²) in [5.74, 6) is 1.35. The molecular weight excluding hydrogens is 320 g/mol. The van der Waals surface area contributed by atoms with Gasteiger partial charge >= 0.3 is 0 Å². The summed E-state index contributed by atoms with van der Waals surface area (Å²) in [7, 11) is 0. The van der Waals surface area contributed by atoms with Crippen LogP contribution in [0.5, 0.6) is 0 Å². The average molecular weight is 344 g/mol. The van der Waals surface area contributed by atoms with Crippen LogP contribution in [-0.4, -0.2) is 45.6 Å². The smallest absolute Gasteiger partial charge is 0.255 e. The zero-order valence-electron chi connectivity index (χ0n) is 15.1. The number of amides is 2. The van der Waals surface area contributed by atoms with Crippen LogP contribution in [-0.2, 0) is 4.79 Å². The molecule has 0 bridgehead atoms. The van der Waals surface area contributed by atoms with Gasteiger partial charge in [-0.05, 0) is 39.7 Å². The van der Waals surface area contributed by atoms with Gasteiger partial charge in [0.05, 0.1) is 5.56 Å². The lowest BCUT2D eigenvalue weighted by Crippen LogP contribution is -2.49. The topological polar surface area (TPSA) is 80.4 Å². The summed E-state index contributed by atoms with van der Waals surface area (Å²) in [6.07, 6.45) is 1.79. The number of rotatable bonds is 3. The number of carbonyl (C=O) groups is 2. The van der Waals surface area contributed by atoms with E-state index in [9.17, 15) is 9.59 Å². The number of nitrogens with zero attached hydrogens (tertiary/aromatic N) is 3. The van der Waals surface area contributed by atoms with Gasteiger partial charge in [0, 0.05) is 43.5 Å². The summed E-state index contributed by atoms with van der Waals surface area (Å²) in [6.45, 7) is 8.47. The van der Waals surface area contributed by atoms with Crippen LogP contribution in [0.4, 0.5) is 0 Å². The molecule has 1 N–H and O–H groups in total. The summed E-state index contributed by atoms with van der Waals surface area (Å²) in [5.41, 5.74) is 2.45. The Kier molecular flexibility index (Phi) is 4.65. The van der Waals surface area contributed by atoms with Crippen LogP contribution < -0.4 is 5.32 Å². The summed E-state index contributed by atoms with van der Waals surface area (Å²) >= 11 is 0. The first-order chi connectivity index (χ1) is 11.9. The van der Waals surface area contributed by atoms with Gasteiger partial charge in [-0.15, -0.1) is 0 Å². The number of hydrogen-bond acceptors (Lipinski definition) is 4. The van der Waals surface area contributed by atoms with Gasteiger partial charge in [0.2, 0.25) is 5.91 Å². The van der Waals surface area contributed by atoms with Crippen molar-refractivity contribution in [2.75, 3.05) is 13.1 Å². The van der Waals surface area contributed by atoms with E-state index in [-0.39, 0.29) is 17.9 Å². The molecule has 0 aliphatic carbocycles. The van der Waals surface area contributed by atoms with Crippen molar-refractivity contribution in [1.29, 1.82) is 0 Å². The van der Waals surface area contributed by atoms with Crippen LogP contribution in [0.15, 0.2) is 16.7 Å². The van der Waals surface area contributed by atoms with Crippen molar-refractivity contribution in [3.05, 3.63) is 34.8 Å². The molecule has 3 rings (SSSR count). The Balaban J connectivity index is 1.84. The minimum absolute atomic E-state index is 0.00498. The summed E-state index contributed by atoms with van der Waals surface area (Å²) < 4.78 is 7.09. The molecule has 1 atom stereocenters. The molecule has 1 aliphatic rings. The van der Waals surface area contributed by atoms with Crippen molar-refractivity contribution >= 4 is 11.8 Å². The molecule has 7 heteroatoms. The van der Waals surface area contributed by atoms with Crippen molar-refractivity contribution in [2.45, 2.75) is 46.6 Å². The summed E-state index contributed by atoms with van der Waals surface area (Å²) in [4.78, 5) is 26.1. The van der Waals surface area contributed by atoms with Crippen LogP contribution in [0.2, 0.25) is 0 Å². The van der Waals surface area contributed by atoms with Crippen molar-refractivity contribution < 1.29 is 14.1 Å². The fraction of sp³-hybridized carbons (Fsp3) is 0.500. The second-order valence-corrected chi connectivity index (χ2v) is 6.71. The third-order valence-electron chi connectivity index (χ3n) is 4.62. The molecule has 1 aliphatic heterocycles. The van der Waals surface area contributed by atoms with E-state index in [1.54, 1.807) is 0 Å². The average Bonchev–Trinajstić information content (AvgIpc) is 3.09. The highest BCUT2D eigenvalue weighted by atomic mass is 16.5. The molecule has 0 saturated carbocycles. The monoisotopic (exact) mass is 344 g/mol. The minimum Gasteiger partial charge on any atom is -0.360 e. The van der Waals surface area contributed by atoms with Crippen molar-refractivity contribution in [3.63, 3.8) is 0 Å². The van der Waals surface area contributed by atoms with Crippen LogP contribution in [0.3, 0.4) is 0 Å². The fourth-order valence-electron chi connectivity index (χ4n) is 3.53. The van der Waals surface area contributed by atoms with Gasteiger partial charge < -0.3 is 14.7 Å². The van der Waals surface area contributed by atoms with Gasteiger partial charge in [0.15, 0.2) is 5.82 Å². The van der Waals surface area contributed by atoms with Crippen LogP contribution in [0.1, 0.15) is 47.3 Å². The predicted molar refractivity (Wildman–Crippen MR) is 92.8 cm³/mol. The number of carbonyl (C=O) groups excluding carboxylic acids is 2. The number of piperidine rings is 1. The SMILES string of the molecule is CC(=O)N[C@@H]1CCCN(C(=O)c2cc(C)n(-c3cc(C)on3)c2C)C1. The van der Waals surface area contributed by atoms with Gasteiger partial charge in [-0.1, -0.05) is 5.16 Å². The van der Waals surface area contributed by atoms with E-state index in [2.05, 4.69) is 10.5 Å². The maximum atomic E-state index is 13.0. The Hall–Kier alpha value is -2.57. The fourth-order valence-corrected chi connectivity index (χ4v) is 3.53. The Morgan fingerprint density at radius 1 is 1.28 bits per heavy atom. The van der Waals surface area contributed by atoms with Gasteiger partial charge in [-0.2, -0.15) is 0 Å². The molecule has 3 heterocycles. The predicted octanol–water partition coefficient (Wildman–Crippen LogP) is 2.13. The molecule has 0 aromatic carbocycles. The maximum absolute atomic E-state index is 13.0. The zero-order chi connectivity index (χ0) is 18.1. The molecule has 1 saturated heterocycles. The summed E-state index contributed by atoms with van der Waals surface area (Å²) in [5, 5.41) is 6.97. The number of nitrogens with one attached hydrogen (secondary N) is 1. The number of likely N-dealkylation sites (tertiary alicyclic amines) is 1. The molecule has 2 amide bonds. The van der Waals surface area contributed by atoms with E-state index in [1.807, 2.05) is 42.4 Å². The molecule has 0 unspecified atom stereocenters. The molecule has 2 aromatic heterocycles. The zero-order valence-corrected chi connectivity index (χ0v) is 15.1. The number of hydrogen-bond donors (Lipinski definition) is 1. The minimum atomic E-state index is -0.0566. The third-order valence-corrected chi connectivity index (χ3v) is 4.62. The lowest BCUT2D eigenvalue weighted by Gasteiger charge is -2.33. The second-order valence-electron chi connectivity index (χ2n) is 6.71. The first-order valence-electron chi connectivity index (χ1n) is 8.56. The highest BCUT2D eigenvalue weighted by molar-refractivity contribution is 5.96. The van der Waals surface area contributed by atoms with E-state index in [0.29, 0.717) is 24.5 Å². The standard InChI is InChI=1S/C18H24N4O3/c1-11-8-16(13(3)22(11)17-9-12(2)25-20-17)18(24)21-7-5-6-15(10-21)19-14(4)23/h8-9,15H,5-7,10H2,1-4H3,(H,19,23)/t15-/m1/s1. The highest BCUT2D eigenvalue weighted by Gasteiger charge is 2.27. The number of aromatic nitrogens is 2. The molecule has 2 aromatic rings. The Morgan fingerprint density at radius 3 is 2.68 bits per heavy atom. The van der Waals surface area contributed by atoms with Crippen molar-refractivity contribution in [3.8, 4) is 5.82 Å². The van der Waals surface area contributed by atoms with E-state index >= 15 is 0 Å². The van der Waals surface area contributed by atoms with Gasteiger partial charge in [-0.3, -0.25) is 14.2 Å². The quantitative estimate of drug-likeness (QED) is 0.925. The van der Waals surface area contributed by atoms with E-state index in [1.165, 1.54) is 6.92 Å². The van der Waals surface area contributed by atoms with Crippen molar-refractivity contribution in [1.82, 2.24) is 19.9 Å². The second kappa shape index (κ2) is 6.74. The molecule has 7 nitrogen and oxygen atoms in total. The molecular formula is C18H24N4O3. The van der Waals surface area contributed by atoms with Gasteiger partial charge in [0.1, 0.15) is 5.76 Å². The van der Waals surface area contributed by atoms with Crippen molar-refractivity contribution in [2.24, 2.45) is 0 Å². The van der Waals surface area contributed by atoms with Crippen LogP contribution in [0.25, 0.3) is 5.82 Å². The highest BCUT2D eigenvalue weighted by Crippen LogP contribution is 2.23. The van der Waals surface area contributed by atoms with Crippen LogP contribution >= 0.6 is 0 Å². The van der Waals surface area contributed by atoms with E-state index in [0.717, 1.165) is 30.0 Å². The number of aryl methyl sites for hydroxylation is 2. The molecule has 134 valence electrons. The lowest BCUT2D eigenvalue weighted by atomic mass is 10.0. The Bertz CT molecular complexity index is 805.